The topological polar surface area (TPSA) is 84.7 Å². The molecule has 114 valence electrons. The molecule has 2 aliphatic rings. The van der Waals surface area contributed by atoms with Gasteiger partial charge in [-0.25, -0.2) is 4.79 Å². The molecule has 1 saturated carbocycles. The fourth-order valence-corrected chi connectivity index (χ4v) is 3.07. The molecule has 1 heterocycles. The van der Waals surface area contributed by atoms with E-state index in [0.717, 1.165) is 25.7 Å². The Morgan fingerprint density at radius 3 is 2.65 bits per heavy atom. The highest BCUT2D eigenvalue weighted by atomic mass is 16.5. The molecule has 1 aliphatic carbocycles. The molecule has 6 nitrogen and oxygen atoms in total. The van der Waals surface area contributed by atoms with E-state index in [0.29, 0.717) is 19.1 Å². The Labute approximate surface area is 120 Å². The number of carbonyl (C=O) groups is 2. The Morgan fingerprint density at radius 1 is 1.45 bits per heavy atom. The summed E-state index contributed by atoms with van der Waals surface area (Å²) in [7, 11) is 0. The number of nitrogens with one attached hydrogen (secondary N) is 1. The minimum absolute atomic E-state index is 0.104. The molecular weight excluding hydrogens is 258 g/mol. The van der Waals surface area contributed by atoms with Gasteiger partial charge in [-0.1, -0.05) is 6.92 Å². The molecule has 0 aromatic heterocycles. The van der Waals surface area contributed by atoms with E-state index in [4.69, 9.17) is 10.5 Å². The molecule has 20 heavy (non-hydrogen) atoms. The maximum absolute atomic E-state index is 12.6. The fourth-order valence-electron chi connectivity index (χ4n) is 3.07. The lowest BCUT2D eigenvalue weighted by molar-refractivity contribution is -0.134. The van der Waals surface area contributed by atoms with Gasteiger partial charge in [0, 0.05) is 13.2 Å². The standard InChI is InChI=1S/C14H25N3O3/c1-3-20-11(8-15)9-17-12(18)14(16-13(17)19)6-4-10(2)5-7-14/h10-11H,3-9,15H2,1-2H3,(H,16,19). The van der Waals surface area contributed by atoms with Crippen LogP contribution in [-0.4, -0.2) is 48.2 Å². The summed E-state index contributed by atoms with van der Waals surface area (Å²) in [5, 5.41) is 2.90. The van der Waals surface area contributed by atoms with Gasteiger partial charge in [0.15, 0.2) is 0 Å². The highest BCUT2D eigenvalue weighted by Crippen LogP contribution is 2.36. The van der Waals surface area contributed by atoms with Crippen LogP contribution in [0.5, 0.6) is 0 Å². The van der Waals surface area contributed by atoms with E-state index < -0.39 is 5.54 Å². The third-order valence-corrected chi connectivity index (χ3v) is 4.43. The lowest BCUT2D eigenvalue weighted by atomic mass is 9.77. The van der Waals surface area contributed by atoms with Crippen LogP contribution in [0.4, 0.5) is 4.79 Å². The van der Waals surface area contributed by atoms with Gasteiger partial charge < -0.3 is 15.8 Å². The Balaban J connectivity index is 2.05. The first kappa shape index (κ1) is 15.3. The molecule has 1 aliphatic heterocycles. The summed E-state index contributed by atoms with van der Waals surface area (Å²) in [5.74, 6) is 0.521. The van der Waals surface area contributed by atoms with Crippen molar-refractivity contribution in [1.82, 2.24) is 10.2 Å². The quantitative estimate of drug-likeness (QED) is 0.733. The van der Waals surface area contributed by atoms with Crippen LogP contribution in [0.25, 0.3) is 0 Å². The maximum Gasteiger partial charge on any atom is 0.325 e. The van der Waals surface area contributed by atoms with Crippen LogP contribution in [0.3, 0.4) is 0 Å². The first-order valence-electron chi connectivity index (χ1n) is 7.48. The average Bonchev–Trinajstić information content (AvgIpc) is 2.66. The van der Waals surface area contributed by atoms with E-state index in [1.165, 1.54) is 4.90 Å². The molecular formula is C14H25N3O3. The monoisotopic (exact) mass is 283 g/mol. The van der Waals surface area contributed by atoms with E-state index in [2.05, 4.69) is 12.2 Å². The zero-order valence-corrected chi connectivity index (χ0v) is 12.4. The van der Waals surface area contributed by atoms with Crippen molar-refractivity contribution < 1.29 is 14.3 Å². The predicted molar refractivity (Wildman–Crippen MR) is 75.1 cm³/mol. The Kier molecular flexibility index (Phi) is 4.65. The second kappa shape index (κ2) is 6.10. The van der Waals surface area contributed by atoms with Crippen LogP contribution < -0.4 is 11.1 Å². The predicted octanol–water partition coefficient (Wildman–Crippen LogP) is 0.851. The van der Waals surface area contributed by atoms with Crippen LogP contribution in [0.15, 0.2) is 0 Å². The Hall–Kier alpha value is -1.14. The molecule has 0 radical (unpaired) electrons. The summed E-state index contributed by atoms with van der Waals surface area (Å²) in [4.78, 5) is 26.0. The Bertz CT molecular complexity index is 378. The highest BCUT2D eigenvalue weighted by molar-refractivity contribution is 6.07. The SMILES string of the molecule is CCOC(CN)CN1C(=O)NC2(CCC(C)CC2)C1=O. The molecule has 2 fully saturated rings. The number of hydrogen-bond donors (Lipinski definition) is 2. The molecule has 1 atom stereocenters. The molecule has 2 rings (SSSR count). The lowest BCUT2D eigenvalue weighted by Crippen LogP contribution is -2.50. The molecule has 1 spiro atoms. The van der Waals surface area contributed by atoms with Crippen LogP contribution in [0, 0.1) is 5.92 Å². The third-order valence-electron chi connectivity index (χ3n) is 4.43. The third kappa shape index (κ3) is 2.81. The Morgan fingerprint density at radius 2 is 2.10 bits per heavy atom. The van der Waals surface area contributed by atoms with Crippen LogP contribution in [0.2, 0.25) is 0 Å². The smallest absolute Gasteiger partial charge is 0.325 e. The second-order valence-corrected chi connectivity index (χ2v) is 5.92. The van der Waals surface area contributed by atoms with Crippen LogP contribution >= 0.6 is 0 Å². The molecule has 0 bridgehead atoms. The van der Waals surface area contributed by atoms with Gasteiger partial charge in [0.05, 0.1) is 12.6 Å². The van der Waals surface area contributed by atoms with Gasteiger partial charge in [0.2, 0.25) is 0 Å². The van der Waals surface area contributed by atoms with Crippen molar-refractivity contribution >= 4 is 11.9 Å². The van der Waals surface area contributed by atoms with E-state index in [-0.39, 0.29) is 24.6 Å². The van der Waals surface area contributed by atoms with E-state index in [1.807, 2.05) is 6.92 Å². The molecule has 3 N–H and O–H groups in total. The van der Waals surface area contributed by atoms with Gasteiger partial charge in [-0.3, -0.25) is 9.69 Å². The summed E-state index contributed by atoms with van der Waals surface area (Å²) >= 11 is 0. The number of imide groups is 1. The van der Waals surface area contributed by atoms with Crippen LogP contribution in [-0.2, 0) is 9.53 Å². The average molecular weight is 283 g/mol. The fraction of sp³-hybridized carbons (Fsp3) is 0.857. The van der Waals surface area contributed by atoms with Crippen LogP contribution in [0.1, 0.15) is 39.5 Å². The summed E-state index contributed by atoms with van der Waals surface area (Å²) < 4.78 is 5.44. The number of ether oxygens (including phenoxy) is 1. The van der Waals surface area contributed by atoms with E-state index >= 15 is 0 Å². The largest absolute Gasteiger partial charge is 0.375 e. The normalized spacial score (nSPS) is 31.8. The van der Waals surface area contributed by atoms with Crippen molar-refractivity contribution in [3.63, 3.8) is 0 Å². The number of nitrogens with zero attached hydrogens (tertiary/aromatic N) is 1. The molecule has 0 aromatic carbocycles. The summed E-state index contributed by atoms with van der Waals surface area (Å²) in [6.07, 6.45) is 3.14. The minimum atomic E-state index is -0.672. The molecule has 0 aromatic rings. The van der Waals surface area contributed by atoms with Crippen molar-refractivity contribution in [2.75, 3.05) is 19.7 Å². The van der Waals surface area contributed by atoms with Crippen molar-refractivity contribution in [2.45, 2.75) is 51.2 Å². The van der Waals surface area contributed by atoms with E-state index in [9.17, 15) is 9.59 Å². The van der Waals surface area contributed by atoms with Crippen molar-refractivity contribution in [1.29, 1.82) is 0 Å². The molecule has 1 unspecified atom stereocenters. The van der Waals surface area contributed by atoms with Gasteiger partial charge in [-0.05, 0) is 38.5 Å². The number of amides is 3. The maximum atomic E-state index is 12.6. The molecule has 3 amide bonds. The van der Waals surface area contributed by atoms with Crippen molar-refractivity contribution in [3.8, 4) is 0 Å². The number of nitrogens with two attached hydrogens (primary N) is 1. The van der Waals surface area contributed by atoms with Gasteiger partial charge in [0.25, 0.3) is 5.91 Å². The number of urea groups is 1. The van der Waals surface area contributed by atoms with Crippen molar-refractivity contribution in [3.05, 3.63) is 0 Å². The molecule has 6 heteroatoms. The number of hydrogen-bond acceptors (Lipinski definition) is 4. The first-order valence-corrected chi connectivity index (χ1v) is 7.48. The van der Waals surface area contributed by atoms with Gasteiger partial charge in [-0.2, -0.15) is 0 Å². The number of rotatable bonds is 5. The summed E-state index contributed by atoms with van der Waals surface area (Å²) in [6.45, 7) is 5.12. The lowest BCUT2D eigenvalue weighted by Gasteiger charge is -2.33. The zero-order valence-electron chi connectivity index (χ0n) is 12.4. The first-order chi connectivity index (χ1) is 9.52. The van der Waals surface area contributed by atoms with Gasteiger partial charge in [0.1, 0.15) is 5.54 Å². The van der Waals surface area contributed by atoms with Gasteiger partial charge >= 0.3 is 6.03 Å². The zero-order chi connectivity index (χ0) is 14.8. The highest BCUT2D eigenvalue weighted by Gasteiger charge is 2.52. The van der Waals surface area contributed by atoms with Gasteiger partial charge in [-0.15, -0.1) is 0 Å². The summed E-state index contributed by atoms with van der Waals surface area (Å²) in [5.41, 5.74) is 4.95. The second-order valence-electron chi connectivity index (χ2n) is 5.92. The number of carbonyl (C=O) groups excluding carboxylic acids is 2. The van der Waals surface area contributed by atoms with E-state index in [1.54, 1.807) is 0 Å². The summed E-state index contributed by atoms with van der Waals surface area (Å²) in [6, 6.07) is -0.303. The molecule has 1 saturated heterocycles. The minimum Gasteiger partial charge on any atom is -0.375 e. The van der Waals surface area contributed by atoms with Crippen molar-refractivity contribution in [2.24, 2.45) is 11.7 Å².